The van der Waals surface area contributed by atoms with E-state index in [0.29, 0.717) is 10.8 Å². The average molecular weight is 374 g/mol. The highest BCUT2D eigenvalue weighted by Crippen LogP contribution is 2.66. The summed E-state index contributed by atoms with van der Waals surface area (Å²) in [5.74, 6) is 5.91. The van der Waals surface area contributed by atoms with Gasteiger partial charge in [-0.15, -0.1) is 0 Å². The van der Waals surface area contributed by atoms with Gasteiger partial charge < -0.3 is 5.32 Å². The van der Waals surface area contributed by atoms with Crippen LogP contribution in [0, 0.1) is 46.3 Å². The first-order valence-corrected chi connectivity index (χ1v) is 12.6. The molecule has 8 atom stereocenters. The molecule has 0 aromatic carbocycles. The van der Waals surface area contributed by atoms with E-state index < -0.39 is 0 Å². The number of hydrogen-bond acceptors (Lipinski definition) is 1. The summed E-state index contributed by atoms with van der Waals surface area (Å²) in [6, 6.07) is 0.823. The summed E-state index contributed by atoms with van der Waals surface area (Å²) in [6.45, 7) is 14.1. The fraction of sp³-hybridized carbons (Fsp3) is 1.00. The van der Waals surface area contributed by atoms with Crippen molar-refractivity contribution in [3.05, 3.63) is 0 Å². The lowest BCUT2D eigenvalue weighted by Crippen LogP contribution is -2.59. The van der Waals surface area contributed by atoms with Crippen LogP contribution in [-0.4, -0.2) is 12.6 Å². The van der Waals surface area contributed by atoms with Crippen molar-refractivity contribution in [3.63, 3.8) is 0 Å². The van der Waals surface area contributed by atoms with Gasteiger partial charge in [-0.05, 0) is 104 Å². The van der Waals surface area contributed by atoms with Gasteiger partial charge >= 0.3 is 0 Å². The van der Waals surface area contributed by atoms with Gasteiger partial charge in [-0.2, -0.15) is 0 Å². The minimum Gasteiger partial charge on any atom is -0.313 e. The van der Waals surface area contributed by atoms with E-state index in [1.165, 1.54) is 70.8 Å². The molecule has 0 bridgehead atoms. The van der Waals surface area contributed by atoms with Crippen LogP contribution in [0.25, 0.3) is 0 Å². The molecule has 156 valence electrons. The third-order valence-electron chi connectivity index (χ3n) is 10.4. The molecule has 7 unspecified atom stereocenters. The highest BCUT2D eigenvalue weighted by molar-refractivity contribution is 5.10. The van der Waals surface area contributed by atoms with E-state index >= 15 is 0 Å². The van der Waals surface area contributed by atoms with E-state index in [1.807, 2.05) is 0 Å². The van der Waals surface area contributed by atoms with Gasteiger partial charge in [0, 0.05) is 6.04 Å². The van der Waals surface area contributed by atoms with Crippen LogP contribution >= 0.6 is 0 Å². The van der Waals surface area contributed by atoms with E-state index in [-0.39, 0.29) is 0 Å². The van der Waals surface area contributed by atoms with Crippen LogP contribution in [-0.2, 0) is 0 Å². The smallest absolute Gasteiger partial charge is 0.0124 e. The van der Waals surface area contributed by atoms with E-state index in [1.54, 1.807) is 6.42 Å². The first-order chi connectivity index (χ1) is 12.9. The monoisotopic (exact) mass is 373 g/mol. The maximum absolute atomic E-state index is 3.92. The Morgan fingerprint density at radius 2 is 1.63 bits per heavy atom. The standard InChI is InChI=1S/C26H47N/c1-18(2)8-6-9-19(3)21-11-12-22-20-10-13-24-26(5,15-7-17-27-24)23(20)14-16-25(21,22)4/h18-24,27H,6-17H2,1-5H3/t19-,20?,21?,22?,23?,24?,25?,26?/m1/s1. The summed E-state index contributed by atoms with van der Waals surface area (Å²) in [7, 11) is 0. The maximum Gasteiger partial charge on any atom is 0.0124 e. The van der Waals surface area contributed by atoms with Crippen LogP contribution in [0.1, 0.15) is 105 Å². The molecule has 0 aromatic rings. The van der Waals surface area contributed by atoms with Crippen molar-refractivity contribution in [3.8, 4) is 0 Å². The molecule has 0 amide bonds. The van der Waals surface area contributed by atoms with Gasteiger partial charge in [-0.3, -0.25) is 0 Å². The number of fused-ring (bicyclic) bond motifs is 5. The lowest BCUT2D eigenvalue weighted by atomic mass is 9.46. The number of nitrogens with one attached hydrogen (secondary N) is 1. The third kappa shape index (κ3) is 3.43. The lowest BCUT2D eigenvalue weighted by Gasteiger charge is -2.60. The van der Waals surface area contributed by atoms with Crippen molar-refractivity contribution in [2.45, 2.75) is 111 Å². The van der Waals surface area contributed by atoms with Crippen molar-refractivity contribution in [2.75, 3.05) is 6.54 Å². The van der Waals surface area contributed by atoms with Crippen molar-refractivity contribution in [1.82, 2.24) is 5.32 Å². The molecular weight excluding hydrogens is 326 g/mol. The van der Waals surface area contributed by atoms with Crippen molar-refractivity contribution >= 4 is 0 Å². The number of piperidine rings is 1. The second-order valence-electron chi connectivity index (χ2n) is 12.1. The molecule has 1 nitrogen and oxygen atoms in total. The molecule has 1 N–H and O–H groups in total. The summed E-state index contributed by atoms with van der Waals surface area (Å²) in [5.41, 5.74) is 1.26. The maximum atomic E-state index is 3.92. The first kappa shape index (κ1) is 20.2. The molecular formula is C26H47N. The van der Waals surface area contributed by atoms with Gasteiger partial charge in [0.15, 0.2) is 0 Å². The summed E-state index contributed by atoms with van der Waals surface area (Å²) in [4.78, 5) is 0. The fourth-order valence-electron chi connectivity index (χ4n) is 8.92. The topological polar surface area (TPSA) is 12.0 Å². The summed E-state index contributed by atoms with van der Waals surface area (Å²) in [6.07, 6.45) is 16.4. The lowest BCUT2D eigenvalue weighted by molar-refractivity contribution is -0.0984. The zero-order valence-corrected chi connectivity index (χ0v) is 19.0. The number of rotatable bonds is 5. The van der Waals surface area contributed by atoms with E-state index in [2.05, 4.69) is 39.9 Å². The van der Waals surface area contributed by atoms with E-state index in [4.69, 9.17) is 0 Å². The quantitative estimate of drug-likeness (QED) is 0.544. The van der Waals surface area contributed by atoms with Crippen LogP contribution in [0.4, 0.5) is 0 Å². The Morgan fingerprint density at radius 3 is 2.41 bits per heavy atom. The van der Waals surface area contributed by atoms with Crippen LogP contribution in [0.5, 0.6) is 0 Å². The summed E-state index contributed by atoms with van der Waals surface area (Å²) >= 11 is 0. The molecule has 1 heteroatoms. The molecule has 0 radical (unpaired) electrons. The Morgan fingerprint density at radius 1 is 0.852 bits per heavy atom. The molecule has 0 aromatic heterocycles. The van der Waals surface area contributed by atoms with Crippen molar-refractivity contribution in [1.29, 1.82) is 0 Å². The van der Waals surface area contributed by atoms with Gasteiger partial charge in [0.2, 0.25) is 0 Å². The zero-order valence-electron chi connectivity index (χ0n) is 19.0. The highest BCUT2D eigenvalue weighted by atomic mass is 15.0. The predicted molar refractivity (Wildman–Crippen MR) is 117 cm³/mol. The SMILES string of the molecule is CC(C)CCC[C@@H](C)C1CCC2C3CCC4NCCCC4(C)C3CCC21C. The zero-order chi connectivity index (χ0) is 19.2. The molecule has 3 aliphatic carbocycles. The third-order valence-corrected chi connectivity index (χ3v) is 10.4. The molecule has 4 aliphatic rings. The second-order valence-corrected chi connectivity index (χ2v) is 12.1. The molecule has 4 rings (SSSR count). The molecule has 3 saturated carbocycles. The van der Waals surface area contributed by atoms with Crippen LogP contribution in [0.3, 0.4) is 0 Å². The first-order valence-electron chi connectivity index (χ1n) is 12.6. The highest BCUT2D eigenvalue weighted by Gasteiger charge is 2.60. The summed E-state index contributed by atoms with van der Waals surface area (Å²) in [5, 5.41) is 3.92. The van der Waals surface area contributed by atoms with Crippen LogP contribution < -0.4 is 5.32 Å². The Kier molecular flexibility index (Phi) is 5.74. The Bertz CT molecular complexity index is 512. The van der Waals surface area contributed by atoms with Crippen LogP contribution in [0.2, 0.25) is 0 Å². The fourth-order valence-corrected chi connectivity index (χ4v) is 8.92. The van der Waals surface area contributed by atoms with E-state index in [0.717, 1.165) is 41.5 Å². The van der Waals surface area contributed by atoms with Gasteiger partial charge in [0.1, 0.15) is 0 Å². The predicted octanol–water partition coefficient (Wildman–Crippen LogP) is 7.06. The van der Waals surface area contributed by atoms with Gasteiger partial charge in [0.25, 0.3) is 0 Å². The Hall–Kier alpha value is -0.0400. The second kappa shape index (κ2) is 7.66. The largest absolute Gasteiger partial charge is 0.313 e. The molecule has 0 spiro atoms. The van der Waals surface area contributed by atoms with Gasteiger partial charge in [-0.25, -0.2) is 0 Å². The minimum absolute atomic E-state index is 0.601. The molecule has 1 heterocycles. The molecule has 27 heavy (non-hydrogen) atoms. The number of hydrogen-bond donors (Lipinski definition) is 1. The van der Waals surface area contributed by atoms with Gasteiger partial charge in [-0.1, -0.05) is 53.9 Å². The van der Waals surface area contributed by atoms with Crippen LogP contribution in [0.15, 0.2) is 0 Å². The van der Waals surface area contributed by atoms with Gasteiger partial charge in [0.05, 0.1) is 0 Å². The normalized spacial score (nSPS) is 48.0. The molecule has 4 fully saturated rings. The Balaban J connectivity index is 1.46. The average Bonchev–Trinajstić information content (AvgIpc) is 2.98. The van der Waals surface area contributed by atoms with Crippen molar-refractivity contribution in [2.24, 2.45) is 46.3 Å². The summed E-state index contributed by atoms with van der Waals surface area (Å²) < 4.78 is 0. The Labute approximate surface area is 169 Å². The molecule has 1 saturated heterocycles. The van der Waals surface area contributed by atoms with E-state index in [9.17, 15) is 0 Å². The van der Waals surface area contributed by atoms with Crippen molar-refractivity contribution < 1.29 is 0 Å². The molecule has 1 aliphatic heterocycles. The minimum atomic E-state index is 0.601.